The van der Waals surface area contributed by atoms with E-state index < -0.39 is 6.09 Å². The van der Waals surface area contributed by atoms with Crippen molar-refractivity contribution < 1.29 is 9.90 Å². The Morgan fingerprint density at radius 1 is 1.00 bits per heavy atom. The number of rotatable bonds is 7. The summed E-state index contributed by atoms with van der Waals surface area (Å²) in [6.07, 6.45) is 0.515. The molecule has 3 N–H and O–H groups in total. The molecule has 10 heteroatoms. The Morgan fingerprint density at radius 2 is 1.82 bits per heavy atom. The molecule has 2 aromatic carbocycles. The van der Waals surface area contributed by atoms with Gasteiger partial charge in [-0.25, -0.2) is 14.8 Å². The zero-order valence-corrected chi connectivity index (χ0v) is 18.4. The monoisotopic (exact) mass is 444 g/mol. The first-order chi connectivity index (χ1) is 16.0. The fourth-order valence-electron chi connectivity index (χ4n) is 4.09. The van der Waals surface area contributed by atoms with Gasteiger partial charge in [-0.05, 0) is 50.1 Å². The van der Waals surface area contributed by atoms with Crippen LogP contribution in [0.5, 0.6) is 0 Å². The molecular formula is C23H24N8O2. The number of unbranched alkanes of at least 4 members (excludes halogenated alkanes) is 1. The number of carbonyl (C=O) groups is 1. The van der Waals surface area contributed by atoms with Crippen molar-refractivity contribution in [2.75, 3.05) is 18.4 Å². The number of imidazole rings is 1. The fraction of sp³-hybridized carbons (Fsp3) is 0.261. The summed E-state index contributed by atoms with van der Waals surface area (Å²) in [6.45, 7) is 2.98. The molecule has 0 aliphatic heterocycles. The van der Waals surface area contributed by atoms with Gasteiger partial charge in [0.25, 0.3) is 0 Å². The number of nitrogens with one attached hydrogen (secondary N) is 2. The second-order valence-electron chi connectivity index (χ2n) is 7.92. The summed E-state index contributed by atoms with van der Waals surface area (Å²) >= 11 is 0. The van der Waals surface area contributed by atoms with Gasteiger partial charge in [-0.3, -0.25) is 4.40 Å². The molecule has 0 aliphatic rings. The second kappa shape index (κ2) is 8.38. The summed E-state index contributed by atoms with van der Waals surface area (Å²) in [5.74, 6) is 2.30. The summed E-state index contributed by atoms with van der Waals surface area (Å²) in [5, 5.41) is 23.0. The van der Waals surface area contributed by atoms with E-state index in [4.69, 9.17) is 15.1 Å². The van der Waals surface area contributed by atoms with Gasteiger partial charge in [0, 0.05) is 25.7 Å². The van der Waals surface area contributed by atoms with E-state index in [1.165, 1.54) is 0 Å². The van der Waals surface area contributed by atoms with Gasteiger partial charge >= 0.3 is 6.09 Å². The largest absolute Gasteiger partial charge is 0.465 e. The fourth-order valence-corrected chi connectivity index (χ4v) is 4.09. The average Bonchev–Trinajstić information content (AvgIpc) is 3.36. The maximum absolute atomic E-state index is 10.6. The van der Waals surface area contributed by atoms with E-state index >= 15 is 0 Å². The molecule has 0 unspecified atom stereocenters. The topological polar surface area (TPSA) is 122 Å². The second-order valence-corrected chi connectivity index (χ2v) is 7.92. The number of hydrogen-bond donors (Lipinski definition) is 3. The highest BCUT2D eigenvalue weighted by molar-refractivity contribution is 5.88. The van der Waals surface area contributed by atoms with Crippen LogP contribution in [0.25, 0.3) is 39.1 Å². The van der Waals surface area contributed by atoms with Crippen molar-refractivity contribution >= 4 is 39.6 Å². The lowest BCUT2D eigenvalue weighted by Crippen LogP contribution is -2.22. The van der Waals surface area contributed by atoms with Crippen molar-refractivity contribution in [1.82, 2.24) is 34.4 Å². The van der Waals surface area contributed by atoms with Crippen LogP contribution < -0.4 is 10.6 Å². The summed E-state index contributed by atoms with van der Waals surface area (Å²) in [6, 6.07) is 14.2. The number of carboxylic acid groups (broad SMARTS) is 1. The molecule has 3 aromatic heterocycles. The maximum atomic E-state index is 10.6. The summed E-state index contributed by atoms with van der Waals surface area (Å²) in [4.78, 5) is 20.2. The maximum Gasteiger partial charge on any atom is 0.404 e. The highest BCUT2D eigenvalue weighted by Gasteiger charge is 2.15. The molecule has 0 spiro atoms. The van der Waals surface area contributed by atoms with Crippen molar-refractivity contribution in [2.45, 2.75) is 19.8 Å². The molecule has 0 saturated heterocycles. The number of fused-ring (bicyclic) bond motifs is 4. The first kappa shape index (κ1) is 20.7. The Hall–Kier alpha value is -4.21. The Bertz CT molecular complexity index is 1490. The first-order valence-corrected chi connectivity index (χ1v) is 10.8. The molecule has 5 rings (SSSR count). The van der Waals surface area contributed by atoms with Crippen LogP contribution in [-0.4, -0.2) is 53.4 Å². The summed E-state index contributed by atoms with van der Waals surface area (Å²) in [5.41, 5.74) is 5.40. The molecule has 0 aliphatic carbocycles. The third-order valence-electron chi connectivity index (χ3n) is 5.70. The quantitative estimate of drug-likeness (QED) is 0.328. The van der Waals surface area contributed by atoms with Gasteiger partial charge in [-0.15, -0.1) is 10.2 Å². The van der Waals surface area contributed by atoms with Crippen molar-refractivity contribution in [1.29, 1.82) is 0 Å². The molecular weight excluding hydrogens is 420 g/mol. The number of hydrogen-bond acceptors (Lipinski definition) is 6. The van der Waals surface area contributed by atoms with Gasteiger partial charge in [0.2, 0.25) is 5.65 Å². The molecule has 0 fully saturated rings. The van der Waals surface area contributed by atoms with Crippen LogP contribution in [0.3, 0.4) is 0 Å². The van der Waals surface area contributed by atoms with Crippen LogP contribution >= 0.6 is 0 Å². The van der Waals surface area contributed by atoms with Crippen molar-refractivity contribution in [3.63, 3.8) is 0 Å². The van der Waals surface area contributed by atoms with E-state index in [0.29, 0.717) is 24.6 Å². The number of nitrogens with zero attached hydrogens (tertiary/aromatic N) is 6. The van der Waals surface area contributed by atoms with E-state index in [2.05, 4.69) is 31.5 Å². The lowest BCUT2D eigenvalue weighted by molar-refractivity contribution is 0.194. The molecule has 5 aromatic rings. The van der Waals surface area contributed by atoms with Crippen molar-refractivity contribution in [3.8, 4) is 11.4 Å². The van der Waals surface area contributed by atoms with Crippen molar-refractivity contribution in [2.24, 2.45) is 7.05 Å². The smallest absolute Gasteiger partial charge is 0.404 e. The Morgan fingerprint density at radius 3 is 2.64 bits per heavy atom. The SMILES string of the molecule is Cc1nnc2c(NCCCCNC(=O)O)nc3cc(-c4nc5ccccc5n4C)ccc3n12. The van der Waals surface area contributed by atoms with Crippen LogP contribution in [0.2, 0.25) is 0 Å². The standard InChI is InChI=1S/C23H24N8O2/c1-14-28-29-22-20(24-11-5-6-12-25-23(32)33)26-17-13-15(9-10-19(17)31(14)22)21-27-16-7-3-4-8-18(16)30(21)2/h3-4,7-10,13,25H,5-6,11-12H2,1-2H3,(H,24,26)(H,32,33). The van der Waals surface area contributed by atoms with Crippen molar-refractivity contribution in [3.05, 3.63) is 48.3 Å². The number of anilines is 1. The zero-order valence-electron chi connectivity index (χ0n) is 18.4. The predicted octanol–water partition coefficient (Wildman–Crippen LogP) is 3.60. The molecule has 168 valence electrons. The van der Waals surface area contributed by atoms with Gasteiger partial charge in [0.1, 0.15) is 11.6 Å². The zero-order chi connectivity index (χ0) is 22.9. The number of benzene rings is 2. The average molecular weight is 444 g/mol. The molecule has 0 bridgehead atoms. The van der Waals surface area contributed by atoms with Crippen LogP contribution in [0, 0.1) is 6.92 Å². The van der Waals surface area contributed by atoms with Gasteiger partial charge < -0.3 is 20.3 Å². The molecule has 0 saturated carbocycles. The highest BCUT2D eigenvalue weighted by Crippen LogP contribution is 2.28. The van der Waals surface area contributed by atoms with Gasteiger partial charge in [-0.2, -0.15) is 0 Å². The number of aryl methyl sites for hydroxylation is 2. The van der Waals surface area contributed by atoms with E-state index in [1.807, 2.05) is 54.8 Å². The summed E-state index contributed by atoms with van der Waals surface area (Å²) < 4.78 is 4.08. The van der Waals surface area contributed by atoms with E-state index in [0.717, 1.165) is 52.1 Å². The van der Waals surface area contributed by atoms with Gasteiger partial charge in [0.15, 0.2) is 5.82 Å². The van der Waals surface area contributed by atoms with E-state index in [-0.39, 0.29) is 0 Å². The molecule has 0 radical (unpaired) electrons. The van der Waals surface area contributed by atoms with Gasteiger partial charge in [0.05, 0.1) is 22.1 Å². The van der Waals surface area contributed by atoms with E-state index in [9.17, 15) is 4.79 Å². The van der Waals surface area contributed by atoms with Crippen LogP contribution in [0.15, 0.2) is 42.5 Å². The van der Waals surface area contributed by atoms with Gasteiger partial charge in [-0.1, -0.05) is 12.1 Å². The lowest BCUT2D eigenvalue weighted by atomic mass is 10.1. The Kier molecular flexibility index (Phi) is 5.25. The molecule has 0 atom stereocenters. The van der Waals surface area contributed by atoms with E-state index in [1.54, 1.807) is 0 Å². The first-order valence-electron chi connectivity index (χ1n) is 10.8. The van der Waals surface area contributed by atoms with Crippen LogP contribution in [0.1, 0.15) is 18.7 Å². The molecule has 10 nitrogen and oxygen atoms in total. The normalized spacial score (nSPS) is 11.5. The third kappa shape index (κ3) is 3.79. The summed E-state index contributed by atoms with van der Waals surface area (Å²) in [7, 11) is 2.02. The minimum atomic E-state index is -1.00. The third-order valence-corrected chi connectivity index (χ3v) is 5.70. The predicted molar refractivity (Wildman–Crippen MR) is 126 cm³/mol. The minimum absolute atomic E-state index is 0.420. The lowest BCUT2D eigenvalue weighted by Gasteiger charge is -2.11. The Labute approximate surface area is 189 Å². The van der Waals surface area contributed by atoms with Crippen LogP contribution in [-0.2, 0) is 7.05 Å². The highest BCUT2D eigenvalue weighted by atomic mass is 16.4. The number of amides is 1. The number of para-hydroxylation sites is 2. The molecule has 1 amide bonds. The Balaban J connectivity index is 1.50. The van der Waals surface area contributed by atoms with Crippen LogP contribution in [0.4, 0.5) is 10.6 Å². The molecule has 33 heavy (non-hydrogen) atoms. The number of aromatic nitrogens is 6. The molecule has 3 heterocycles. The minimum Gasteiger partial charge on any atom is -0.465 e.